The van der Waals surface area contributed by atoms with Gasteiger partial charge in [-0.3, -0.25) is 9.69 Å². The molecule has 2 aromatic rings. The number of carbonyl (C=O) groups excluding carboxylic acids is 1. The molecule has 0 bridgehead atoms. The van der Waals surface area contributed by atoms with Gasteiger partial charge in [-0.1, -0.05) is 6.07 Å². The van der Waals surface area contributed by atoms with Gasteiger partial charge in [0.1, 0.15) is 28.8 Å². The summed E-state index contributed by atoms with van der Waals surface area (Å²) < 4.78 is 32.5. The molecule has 1 amide bonds. The predicted octanol–water partition coefficient (Wildman–Crippen LogP) is 1.56. The van der Waals surface area contributed by atoms with Crippen LogP contribution >= 0.6 is 0 Å². The lowest BCUT2D eigenvalue weighted by Gasteiger charge is -2.26. The third-order valence-electron chi connectivity index (χ3n) is 3.92. The highest BCUT2D eigenvalue weighted by atomic mass is 19.1. The number of hydrogen-bond donors (Lipinski definition) is 2. The molecule has 0 saturated carbocycles. The largest absolute Gasteiger partial charge is 0.379 e. The van der Waals surface area contributed by atoms with Crippen LogP contribution in [0.1, 0.15) is 10.5 Å². The van der Waals surface area contributed by atoms with E-state index in [-0.39, 0.29) is 23.1 Å². The molecule has 1 aromatic heterocycles. The molecule has 26 heavy (non-hydrogen) atoms. The van der Waals surface area contributed by atoms with Crippen LogP contribution in [-0.2, 0) is 4.74 Å². The molecule has 1 saturated heterocycles. The third-order valence-corrected chi connectivity index (χ3v) is 3.92. The Hall–Kier alpha value is -2.65. The number of ether oxygens (including phenoxy) is 1. The minimum Gasteiger partial charge on any atom is -0.379 e. The zero-order valence-electron chi connectivity index (χ0n) is 14.0. The summed E-state index contributed by atoms with van der Waals surface area (Å²) in [6.45, 7) is 4.33. The second-order valence-electron chi connectivity index (χ2n) is 5.72. The first kappa shape index (κ1) is 18.2. The Bertz CT molecular complexity index is 731. The van der Waals surface area contributed by atoms with Crippen LogP contribution in [0.3, 0.4) is 0 Å². The maximum atomic E-state index is 13.6. The molecule has 138 valence electrons. The standard InChI is InChI=1S/C17H19F2N5O2/c18-12-2-1-3-13(19)16(12)23-15-11-21-14(10-22-15)17(25)20-4-5-24-6-8-26-9-7-24/h1-3,10-11H,4-9H2,(H,20,25)(H,22,23). The topological polar surface area (TPSA) is 79.4 Å². The monoisotopic (exact) mass is 363 g/mol. The minimum atomic E-state index is -0.739. The van der Waals surface area contributed by atoms with Crippen LogP contribution in [0.15, 0.2) is 30.6 Å². The normalized spacial score (nSPS) is 14.8. The van der Waals surface area contributed by atoms with Gasteiger partial charge in [-0.25, -0.2) is 18.7 Å². The van der Waals surface area contributed by atoms with Gasteiger partial charge < -0.3 is 15.4 Å². The van der Waals surface area contributed by atoms with Gasteiger partial charge in [0.15, 0.2) is 0 Å². The van der Waals surface area contributed by atoms with Crippen molar-refractivity contribution in [2.75, 3.05) is 44.7 Å². The molecule has 0 aliphatic carbocycles. The fourth-order valence-electron chi connectivity index (χ4n) is 2.50. The summed E-state index contributed by atoms with van der Waals surface area (Å²) in [6, 6.07) is 3.54. The Kier molecular flexibility index (Phi) is 6.03. The SMILES string of the molecule is O=C(NCCN1CCOCC1)c1cnc(Nc2c(F)cccc2F)cn1. The third kappa shape index (κ3) is 4.70. The van der Waals surface area contributed by atoms with E-state index in [9.17, 15) is 13.6 Å². The lowest BCUT2D eigenvalue weighted by Crippen LogP contribution is -2.41. The zero-order chi connectivity index (χ0) is 18.4. The molecule has 0 spiro atoms. The van der Waals surface area contributed by atoms with Crippen molar-refractivity contribution < 1.29 is 18.3 Å². The molecular formula is C17H19F2N5O2. The van der Waals surface area contributed by atoms with Crippen LogP contribution in [0.4, 0.5) is 20.3 Å². The van der Waals surface area contributed by atoms with Crippen molar-refractivity contribution in [1.82, 2.24) is 20.2 Å². The van der Waals surface area contributed by atoms with Gasteiger partial charge in [-0.15, -0.1) is 0 Å². The summed E-state index contributed by atoms with van der Waals surface area (Å²) in [7, 11) is 0. The number of aromatic nitrogens is 2. The first-order valence-corrected chi connectivity index (χ1v) is 8.25. The summed E-state index contributed by atoms with van der Waals surface area (Å²) in [5.74, 6) is -1.69. The van der Waals surface area contributed by atoms with E-state index in [0.717, 1.165) is 31.8 Å². The summed E-state index contributed by atoms with van der Waals surface area (Å²) >= 11 is 0. The number of carbonyl (C=O) groups is 1. The number of halogens is 2. The van der Waals surface area contributed by atoms with Gasteiger partial charge in [0.2, 0.25) is 0 Å². The Morgan fingerprint density at radius 2 is 1.88 bits per heavy atom. The van der Waals surface area contributed by atoms with Gasteiger partial charge in [0.05, 0.1) is 25.6 Å². The number of nitrogens with zero attached hydrogens (tertiary/aromatic N) is 3. The lowest BCUT2D eigenvalue weighted by molar-refractivity contribution is 0.0383. The fraction of sp³-hybridized carbons (Fsp3) is 0.353. The van der Waals surface area contributed by atoms with Gasteiger partial charge in [0.25, 0.3) is 5.91 Å². The van der Waals surface area contributed by atoms with Crippen LogP contribution in [0.2, 0.25) is 0 Å². The highest BCUT2D eigenvalue weighted by Crippen LogP contribution is 2.21. The van der Waals surface area contributed by atoms with Gasteiger partial charge >= 0.3 is 0 Å². The van der Waals surface area contributed by atoms with Crippen molar-refractivity contribution in [3.63, 3.8) is 0 Å². The highest BCUT2D eigenvalue weighted by molar-refractivity contribution is 5.92. The first-order valence-electron chi connectivity index (χ1n) is 8.25. The Morgan fingerprint density at radius 3 is 2.54 bits per heavy atom. The second-order valence-corrected chi connectivity index (χ2v) is 5.72. The van der Waals surface area contributed by atoms with Gasteiger partial charge in [0, 0.05) is 26.2 Å². The smallest absolute Gasteiger partial charge is 0.271 e. The van der Waals surface area contributed by atoms with Crippen LogP contribution in [0.25, 0.3) is 0 Å². The van der Waals surface area contributed by atoms with Crippen LogP contribution in [0, 0.1) is 11.6 Å². The number of para-hydroxylation sites is 1. The highest BCUT2D eigenvalue weighted by Gasteiger charge is 2.13. The number of rotatable bonds is 6. The zero-order valence-corrected chi connectivity index (χ0v) is 14.0. The van der Waals surface area contributed by atoms with E-state index in [1.54, 1.807) is 0 Å². The summed E-state index contributed by atoms with van der Waals surface area (Å²) in [5.41, 5.74) is -0.184. The maximum absolute atomic E-state index is 13.6. The summed E-state index contributed by atoms with van der Waals surface area (Å²) in [6.07, 6.45) is 2.51. The van der Waals surface area contributed by atoms with E-state index < -0.39 is 11.6 Å². The number of anilines is 2. The average molecular weight is 363 g/mol. The number of nitrogens with one attached hydrogen (secondary N) is 2. The number of hydrogen-bond acceptors (Lipinski definition) is 6. The molecule has 3 rings (SSSR count). The number of morpholine rings is 1. The van der Waals surface area contributed by atoms with Crippen molar-refractivity contribution in [2.24, 2.45) is 0 Å². The Labute approximate surface area is 149 Å². The summed E-state index contributed by atoms with van der Waals surface area (Å²) in [4.78, 5) is 22.2. The van der Waals surface area contributed by atoms with Crippen LogP contribution < -0.4 is 10.6 Å². The van der Waals surface area contributed by atoms with E-state index in [4.69, 9.17) is 4.74 Å². The molecule has 1 aliphatic heterocycles. The van der Waals surface area contributed by atoms with Crippen molar-refractivity contribution in [2.45, 2.75) is 0 Å². The lowest BCUT2D eigenvalue weighted by atomic mass is 10.3. The average Bonchev–Trinajstić information content (AvgIpc) is 2.66. The Balaban J connectivity index is 1.52. The van der Waals surface area contributed by atoms with Gasteiger partial charge in [-0.05, 0) is 12.1 Å². The van der Waals surface area contributed by atoms with E-state index in [1.807, 2.05) is 0 Å². The minimum absolute atomic E-state index is 0.131. The molecule has 2 heterocycles. The van der Waals surface area contributed by atoms with Crippen molar-refractivity contribution >= 4 is 17.4 Å². The van der Waals surface area contributed by atoms with Crippen molar-refractivity contribution in [3.8, 4) is 0 Å². The van der Waals surface area contributed by atoms with Crippen molar-refractivity contribution in [3.05, 3.63) is 47.9 Å². The molecular weight excluding hydrogens is 344 g/mol. The van der Waals surface area contributed by atoms with Crippen molar-refractivity contribution in [1.29, 1.82) is 0 Å². The van der Waals surface area contributed by atoms with E-state index in [1.165, 1.54) is 18.5 Å². The summed E-state index contributed by atoms with van der Waals surface area (Å²) in [5, 5.41) is 5.29. The first-order chi connectivity index (χ1) is 12.6. The van der Waals surface area contributed by atoms with Gasteiger partial charge in [-0.2, -0.15) is 0 Å². The van der Waals surface area contributed by atoms with E-state index in [2.05, 4.69) is 25.5 Å². The second kappa shape index (κ2) is 8.63. The molecule has 0 radical (unpaired) electrons. The molecule has 1 aromatic carbocycles. The fourth-order valence-corrected chi connectivity index (χ4v) is 2.50. The quantitative estimate of drug-likeness (QED) is 0.811. The maximum Gasteiger partial charge on any atom is 0.271 e. The molecule has 7 nitrogen and oxygen atoms in total. The number of benzene rings is 1. The predicted molar refractivity (Wildman–Crippen MR) is 91.3 cm³/mol. The van der Waals surface area contributed by atoms with E-state index >= 15 is 0 Å². The van der Waals surface area contributed by atoms with Crippen LogP contribution in [0.5, 0.6) is 0 Å². The Morgan fingerprint density at radius 1 is 1.15 bits per heavy atom. The molecule has 2 N–H and O–H groups in total. The molecule has 0 atom stereocenters. The van der Waals surface area contributed by atoms with Crippen LogP contribution in [-0.4, -0.2) is 60.2 Å². The molecule has 1 fully saturated rings. The van der Waals surface area contributed by atoms with E-state index in [0.29, 0.717) is 19.8 Å². The number of amides is 1. The molecule has 1 aliphatic rings. The molecule has 0 unspecified atom stereocenters. The molecule has 9 heteroatoms.